The maximum Gasteiger partial charge on any atom is 0.246 e. The molecule has 2 heterocycles. The predicted octanol–water partition coefficient (Wildman–Crippen LogP) is 2.89. The number of nitrogens with zero attached hydrogens (tertiary/aromatic N) is 3. The topological polar surface area (TPSA) is 75.9 Å². The molecule has 1 aromatic heterocycles. The van der Waals surface area contributed by atoms with E-state index in [1.807, 2.05) is 24.3 Å². The first kappa shape index (κ1) is 16.6. The largest absolute Gasteiger partial charge is 0.364 e. The van der Waals surface area contributed by atoms with Crippen molar-refractivity contribution in [2.75, 3.05) is 13.2 Å². The van der Waals surface area contributed by atoms with E-state index in [9.17, 15) is 4.79 Å². The molecule has 0 saturated heterocycles. The lowest BCUT2D eigenvalue weighted by molar-refractivity contribution is -0.126. The molecule has 3 rings (SSSR count). The number of fused-ring (bicyclic) bond motifs is 1. The molecule has 2 aromatic rings. The molecular formula is C17H18N4O2S. The van der Waals surface area contributed by atoms with Gasteiger partial charge >= 0.3 is 0 Å². The normalized spacial score (nSPS) is 14.5. The molecule has 24 heavy (non-hydrogen) atoms. The van der Waals surface area contributed by atoms with Crippen LogP contribution in [0.2, 0.25) is 0 Å². The zero-order valence-corrected chi connectivity index (χ0v) is 14.0. The van der Waals surface area contributed by atoms with Gasteiger partial charge in [-0.2, -0.15) is 10.2 Å². The Morgan fingerprint density at radius 1 is 1.33 bits per heavy atom. The second kappa shape index (κ2) is 7.51. The average molecular weight is 342 g/mol. The molecule has 0 radical (unpaired) electrons. The molecule has 1 amide bonds. The number of carbonyl (C=O) groups is 1. The van der Waals surface area contributed by atoms with E-state index in [1.165, 1.54) is 0 Å². The van der Waals surface area contributed by atoms with Crippen molar-refractivity contribution in [3.63, 3.8) is 0 Å². The van der Waals surface area contributed by atoms with Gasteiger partial charge in [0.05, 0.1) is 16.8 Å². The van der Waals surface area contributed by atoms with Crippen molar-refractivity contribution in [3.05, 3.63) is 29.3 Å². The quantitative estimate of drug-likeness (QED) is 0.712. The Labute approximate surface area is 144 Å². The first-order valence-electron chi connectivity index (χ1n) is 7.77. The fourth-order valence-corrected chi connectivity index (χ4v) is 3.24. The lowest BCUT2D eigenvalue weighted by atomic mass is 10.0. The second-order valence-electron chi connectivity index (χ2n) is 5.55. The van der Waals surface area contributed by atoms with Crippen molar-refractivity contribution in [2.24, 2.45) is 10.2 Å². The van der Waals surface area contributed by atoms with Crippen LogP contribution in [0.15, 0.2) is 34.5 Å². The van der Waals surface area contributed by atoms with Gasteiger partial charge in [0.25, 0.3) is 0 Å². The number of ether oxygens (including phenoxy) is 1. The maximum absolute atomic E-state index is 11.8. The first-order chi connectivity index (χ1) is 11.7. The molecule has 124 valence electrons. The minimum atomic E-state index is -0.360. The van der Waals surface area contributed by atoms with Gasteiger partial charge < -0.3 is 10.1 Å². The first-order valence-corrected chi connectivity index (χ1v) is 8.59. The Balaban J connectivity index is 1.33. The zero-order chi connectivity index (χ0) is 16.8. The third kappa shape index (κ3) is 4.37. The number of nitrogens with one attached hydrogen (secondary N) is 1. The van der Waals surface area contributed by atoms with E-state index in [4.69, 9.17) is 11.2 Å². The van der Waals surface area contributed by atoms with Crippen molar-refractivity contribution in [1.82, 2.24) is 10.3 Å². The van der Waals surface area contributed by atoms with Crippen molar-refractivity contribution < 1.29 is 9.53 Å². The summed E-state index contributed by atoms with van der Waals surface area (Å²) in [5, 5.41) is 11.7. The maximum atomic E-state index is 11.8. The lowest BCUT2D eigenvalue weighted by Gasteiger charge is -2.09. The highest BCUT2D eigenvalue weighted by atomic mass is 32.1. The van der Waals surface area contributed by atoms with Gasteiger partial charge in [-0.15, -0.1) is 23.7 Å². The number of amides is 1. The third-order valence-electron chi connectivity index (χ3n) is 3.70. The number of hydrogen-bond acceptors (Lipinski definition) is 6. The number of para-hydroxylation sites is 1. The smallest absolute Gasteiger partial charge is 0.246 e. The summed E-state index contributed by atoms with van der Waals surface area (Å²) in [4.78, 5) is 16.2. The number of rotatable bonds is 9. The molecule has 1 N–H and O–H groups in total. The van der Waals surface area contributed by atoms with Crippen LogP contribution in [-0.4, -0.2) is 29.7 Å². The molecule has 0 aliphatic carbocycles. The summed E-state index contributed by atoms with van der Waals surface area (Å²) < 4.78 is 6.56. The summed E-state index contributed by atoms with van der Waals surface area (Å²) in [7, 11) is 0. The molecule has 1 aromatic carbocycles. The fourth-order valence-electron chi connectivity index (χ4n) is 2.33. The van der Waals surface area contributed by atoms with Gasteiger partial charge in [-0.05, 0) is 12.1 Å². The van der Waals surface area contributed by atoms with E-state index >= 15 is 0 Å². The van der Waals surface area contributed by atoms with Gasteiger partial charge in [-0.3, -0.25) is 4.79 Å². The van der Waals surface area contributed by atoms with Gasteiger partial charge in [0, 0.05) is 25.8 Å². The van der Waals surface area contributed by atoms with E-state index in [2.05, 4.69) is 26.4 Å². The minimum absolute atomic E-state index is 0.0154. The van der Waals surface area contributed by atoms with Gasteiger partial charge in [0.15, 0.2) is 5.66 Å². The predicted molar refractivity (Wildman–Crippen MR) is 92.6 cm³/mol. The fraction of sp³-hybridized carbons (Fsp3) is 0.412. The van der Waals surface area contributed by atoms with E-state index in [-0.39, 0.29) is 18.2 Å². The van der Waals surface area contributed by atoms with Crippen molar-refractivity contribution in [3.8, 4) is 12.3 Å². The summed E-state index contributed by atoms with van der Waals surface area (Å²) in [5.74, 6) is 2.43. The standard InChI is InChI=1S/C17H18N4O2S/c1-2-3-8-17(20-21-17)9-10-18-15(22)11-23-12-16-19-13-6-4-5-7-14(13)24-16/h1,4-7H,3,8-12H2,(H,18,22). The summed E-state index contributed by atoms with van der Waals surface area (Å²) in [6.45, 7) is 0.867. The molecule has 0 bridgehead atoms. The van der Waals surface area contributed by atoms with Gasteiger partial charge in [0.1, 0.15) is 11.6 Å². The molecule has 1 aliphatic rings. The molecule has 6 nitrogen and oxygen atoms in total. The number of benzene rings is 1. The van der Waals surface area contributed by atoms with E-state index in [0.717, 1.165) is 21.6 Å². The van der Waals surface area contributed by atoms with Crippen LogP contribution in [0.25, 0.3) is 10.2 Å². The highest BCUT2D eigenvalue weighted by Crippen LogP contribution is 2.35. The molecular weight excluding hydrogens is 324 g/mol. The number of terminal acetylenes is 1. The van der Waals surface area contributed by atoms with Crippen LogP contribution in [0, 0.1) is 12.3 Å². The summed E-state index contributed by atoms with van der Waals surface area (Å²) in [6, 6.07) is 7.92. The lowest BCUT2D eigenvalue weighted by Crippen LogP contribution is -2.31. The second-order valence-corrected chi connectivity index (χ2v) is 6.67. The Kier molecular flexibility index (Phi) is 5.18. The van der Waals surface area contributed by atoms with E-state index in [0.29, 0.717) is 26.0 Å². The molecule has 0 unspecified atom stereocenters. The van der Waals surface area contributed by atoms with Crippen molar-refractivity contribution in [2.45, 2.75) is 31.5 Å². The molecule has 1 aliphatic heterocycles. The van der Waals surface area contributed by atoms with Crippen LogP contribution in [0.4, 0.5) is 0 Å². The molecule has 0 fully saturated rings. The number of thiazole rings is 1. The number of hydrogen-bond donors (Lipinski definition) is 1. The van der Waals surface area contributed by atoms with Crippen LogP contribution < -0.4 is 5.32 Å². The van der Waals surface area contributed by atoms with Gasteiger partial charge in [-0.1, -0.05) is 12.1 Å². The molecule has 0 atom stereocenters. The van der Waals surface area contributed by atoms with E-state index < -0.39 is 0 Å². The highest BCUT2D eigenvalue weighted by Gasteiger charge is 2.38. The van der Waals surface area contributed by atoms with Crippen LogP contribution >= 0.6 is 11.3 Å². The van der Waals surface area contributed by atoms with Crippen molar-refractivity contribution >= 4 is 27.5 Å². The number of aromatic nitrogens is 1. The Morgan fingerprint density at radius 2 is 2.17 bits per heavy atom. The van der Waals surface area contributed by atoms with Gasteiger partial charge in [0.2, 0.25) is 5.91 Å². The Bertz CT molecular complexity index is 754. The van der Waals surface area contributed by atoms with Crippen molar-refractivity contribution in [1.29, 1.82) is 0 Å². The third-order valence-corrected chi connectivity index (χ3v) is 4.71. The Morgan fingerprint density at radius 3 is 2.92 bits per heavy atom. The summed E-state index contributed by atoms with van der Waals surface area (Å²) in [6.07, 6.45) is 7.31. The van der Waals surface area contributed by atoms with Crippen LogP contribution in [0.3, 0.4) is 0 Å². The highest BCUT2D eigenvalue weighted by molar-refractivity contribution is 7.18. The summed E-state index contributed by atoms with van der Waals surface area (Å²) >= 11 is 1.58. The van der Waals surface area contributed by atoms with Crippen LogP contribution in [0.1, 0.15) is 24.3 Å². The van der Waals surface area contributed by atoms with Gasteiger partial charge in [-0.25, -0.2) is 4.98 Å². The monoisotopic (exact) mass is 342 g/mol. The molecule has 0 saturated carbocycles. The SMILES string of the molecule is C#CCCC1(CCNC(=O)COCc2nc3ccccc3s2)N=N1. The molecule has 0 spiro atoms. The Hall–Kier alpha value is -2.30. The minimum Gasteiger partial charge on any atom is -0.364 e. The van der Waals surface area contributed by atoms with Crippen LogP contribution in [0.5, 0.6) is 0 Å². The zero-order valence-electron chi connectivity index (χ0n) is 13.2. The van der Waals surface area contributed by atoms with E-state index in [1.54, 1.807) is 11.3 Å². The number of carbonyl (C=O) groups excluding carboxylic acids is 1. The summed E-state index contributed by atoms with van der Waals surface area (Å²) in [5.41, 5.74) is 0.598. The van der Waals surface area contributed by atoms with Crippen LogP contribution in [-0.2, 0) is 16.1 Å². The molecule has 7 heteroatoms. The average Bonchev–Trinajstić information content (AvgIpc) is 3.22.